The number of carbonyl (C=O) groups excluding carboxylic acids is 1. The highest BCUT2D eigenvalue weighted by Crippen LogP contribution is 2.47. The molecule has 2 aromatic carbocycles. The highest BCUT2D eigenvalue weighted by Gasteiger charge is 2.38. The Kier molecular flexibility index (Phi) is 7.56. The molecule has 0 saturated heterocycles. The SMILES string of the molecule is CC(=O)C1Sc2ccccc2N(CCC[NH+](C)C)C1c1ccccc1.[Cl-]. The molecule has 3 rings (SSSR count). The number of ketones is 1. The number of thioether (sulfide) groups is 1. The average molecular weight is 391 g/mol. The second-order valence-electron chi connectivity index (χ2n) is 6.98. The van der Waals surface area contributed by atoms with Gasteiger partial charge in [-0.05, 0) is 24.6 Å². The van der Waals surface area contributed by atoms with Crippen LogP contribution in [0.1, 0.15) is 24.9 Å². The molecule has 1 aliphatic rings. The zero-order valence-corrected chi connectivity index (χ0v) is 17.2. The van der Waals surface area contributed by atoms with E-state index in [1.165, 1.54) is 21.0 Å². The summed E-state index contributed by atoms with van der Waals surface area (Å²) in [6.07, 6.45) is 1.11. The van der Waals surface area contributed by atoms with E-state index < -0.39 is 0 Å². The number of fused-ring (bicyclic) bond motifs is 1. The van der Waals surface area contributed by atoms with Crippen molar-refractivity contribution in [1.29, 1.82) is 0 Å². The number of nitrogens with one attached hydrogen (secondary N) is 1. The molecule has 1 heterocycles. The van der Waals surface area contributed by atoms with Crippen LogP contribution < -0.4 is 22.2 Å². The molecule has 0 aromatic heterocycles. The Morgan fingerprint density at radius 2 is 1.73 bits per heavy atom. The van der Waals surface area contributed by atoms with E-state index in [2.05, 4.69) is 67.5 Å². The smallest absolute Gasteiger partial charge is 0.145 e. The predicted molar refractivity (Wildman–Crippen MR) is 106 cm³/mol. The van der Waals surface area contributed by atoms with Gasteiger partial charge in [0, 0.05) is 17.9 Å². The maximum absolute atomic E-state index is 12.5. The van der Waals surface area contributed by atoms with E-state index in [-0.39, 0.29) is 29.5 Å². The number of Topliss-reactive ketones (excluding diaryl/α,β-unsaturated/α-hetero) is 1. The molecule has 1 aliphatic heterocycles. The van der Waals surface area contributed by atoms with Gasteiger partial charge in [0.1, 0.15) is 5.78 Å². The second kappa shape index (κ2) is 9.45. The number of carbonyl (C=O) groups is 1. The van der Waals surface area contributed by atoms with E-state index >= 15 is 0 Å². The number of hydrogen-bond donors (Lipinski definition) is 1. The summed E-state index contributed by atoms with van der Waals surface area (Å²) in [6.45, 7) is 3.81. The van der Waals surface area contributed by atoms with Crippen molar-refractivity contribution in [2.45, 2.75) is 29.5 Å². The largest absolute Gasteiger partial charge is 1.00 e. The van der Waals surface area contributed by atoms with Crippen molar-refractivity contribution >= 4 is 23.2 Å². The van der Waals surface area contributed by atoms with Gasteiger partial charge in [-0.15, -0.1) is 11.8 Å². The normalized spacial score (nSPS) is 19.0. The van der Waals surface area contributed by atoms with Gasteiger partial charge < -0.3 is 22.2 Å². The van der Waals surface area contributed by atoms with Gasteiger partial charge in [0.05, 0.1) is 37.6 Å². The molecule has 2 atom stereocenters. The van der Waals surface area contributed by atoms with Crippen LogP contribution in [0.4, 0.5) is 5.69 Å². The summed E-state index contributed by atoms with van der Waals surface area (Å²) in [5, 5.41) is -0.0657. The molecule has 0 saturated carbocycles. The fourth-order valence-corrected chi connectivity index (χ4v) is 4.82. The molecule has 3 nitrogen and oxygen atoms in total. The van der Waals surface area contributed by atoms with Crippen molar-refractivity contribution in [3.05, 3.63) is 60.2 Å². The molecule has 0 fully saturated rings. The molecule has 0 bridgehead atoms. The topological polar surface area (TPSA) is 24.8 Å². The summed E-state index contributed by atoms with van der Waals surface area (Å²) in [4.78, 5) is 17.6. The van der Waals surface area contributed by atoms with Gasteiger partial charge in [-0.3, -0.25) is 4.79 Å². The second-order valence-corrected chi connectivity index (χ2v) is 8.16. The molecule has 0 radical (unpaired) electrons. The number of benzene rings is 2. The molecule has 2 unspecified atom stereocenters. The first-order valence-electron chi connectivity index (χ1n) is 8.94. The first-order chi connectivity index (χ1) is 12.1. The van der Waals surface area contributed by atoms with Gasteiger partial charge >= 0.3 is 0 Å². The van der Waals surface area contributed by atoms with Crippen molar-refractivity contribution in [3.8, 4) is 0 Å². The van der Waals surface area contributed by atoms with Crippen molar-refractivity contribution in [1.82, 2.24) is 0 Å². The number of quaternary nitrogens is 1. The van der Waals surface area contributed by atoms with E-state index in [0.717, 1.165) is 19.5 Å². The van der Waals surface area contributed by atoms with Crippen LogP contribution in [-0.2, 0) is 4.79 Å². The van der Waals surface area contributed by atoms with Crippen molar-refractivity contribution < 1.29 is 22.1 Å². The lowest BCUT2D eigenvalue weighted by atomic mass is 9.98. The molecule has 5 heteroatoms. The third kappa shape index (κ3) is 4.61. The summed E-state index contributed by atoms with van der Waals surface area (Å²) in [7, 11) is 4.38. The monoisotopic (exact) mass is 390 g/mol. The number of halogens is 1. The maximum atomic E-state index is 12.5. The molecule has 2 aromatic rings. The quantitative estimate of drug-likeness (QED) is 0.741. The minimum absolute atomic E-state index is 0. The molecule has 0 aliphatic carbocycles. The van der Waals surface area contributed by atoms with Gasteiger partial charge in [0.25, 0.3) is 0 Å². The van der Waals surface area contributed by atoms with E-state index in [0.29, 0.717) is 0 Å². The Bertz CT molecular complexity index is 723. The minimum atomic E-state index is -0.0657. The molecule has 0 amide bonds. The van der Waals surface area contributed by atoms with Crippen LogP contribution in [-0.4, -0.2) is 38.2 Å². The molecule has 140 valence electrons. The van der Waals surface area contributed by atoms with Crippen LogP contribution in [0.3, 0.4) is 0 Å². The summed E-state index contributed by atoms with van der Waals surface area (Å²) in [5.41, 5.74) is 2.48. The van der Waals surface area contributed by atoms with Gasteiger partial charge in [-0.1, -0.05) is 42.5 Å². The maximum Gasteiger partial charge on any atom is 0.145 e. The van der Waals surface area contributed by atoms with Gasteiger partial charge in [-0.25, -0.2) is 0 Å². The fraction of sp³-hybridized carbons (Fsp3) is 0.381. The van der Waals surface area contributed by atoms with Crippen LogP contribution >= 0.6 is 11.8 Å². The predicted octanol–water partition coefficient (Wildman–Crippen LogP) is -0.164. The Morgan fingerprint density at radius 1 is 1.08 bits per heavy atom. The highest BCUT2D eigenvalue weighted by atomic mass is 35.5. The average Bonchev–Trinajstić information content (AvgIpc) is 2.61. The number of anilines is 1. The van der Waals surface area contributed by atoms with Crippen LogP contribution in [0.15, 0.2) is 59.5 Å². The summed E-state index contributed by atoms with van der Waals surface area (Å²) in [6, 6.07) is 19.1. The summed E-state index contributed by atoms with van der Waals surface area (Å²) in [5.74, 6) is 0.247. The van der Waals surface area contributed by atoms with Crippen molar-refractivity contribution in [2.75, 3.05) is 32.1 Å². The minimum Gasteiger partial charge on any atom is -1.00 e. The molecule has 26 heavy (non-hydrogen) atoms. The third-order valence-electron chi connectivity index (χ3n) is 4.67. The first kappa shape index (κ1) is 20.8. The Labute approximate surface area is 167 Å². The van der Waals surface area contributed by atoms with Gasteiger partial charge in [0.15, 0.2) is 0 Å². The van der Waals surface area contributed by atoms with E-state index in [1.54, 1.807) is 18.7 Å². The first-order valence-corrected chi connectivity index (χ1v) is 9.82. The number of rotatable bonds is 6. The fourth-order valence-electron chi connectivity index (χ4n) is 3.48. The lowest BCUT2D eigenvalue weighted by Gasteiger charge is -2.43. The number of para-hydroxylation sites is 1. The molecule has 1 N–H and O–H groups in total. The van der Waals surface area contributed by atoms with Crippen LogP contribution in [0.5, 0.6) is 0 Å². The number of hydrogen-bond acceptors (Lipinski definition) is 3. The van der Waals surface area contributed by atoms with E-state index in [1.807, 2.05) is 6.07 Å². The summed E-state index contributed by atoms with van der Waals surface area (Å²) < 4.78 is 0. The van der Waals surface area contributed by atoms with Crippen LogP contribution in [0.2, 0.25) is 0 Å². The lowest BCUT2D eigenvalue weighted by Crippen LogP contribution is -3.05. The third-order valence-corrected chi connectivity index (χ3v) is 6.11. The van der Waals surface area contributed by atoms with Crippen LogP contribution in [0, 0.1) is 0 Å². The van der Waals surface area contributed by atoms with Crippen LogP contribution in [0.25, 0.3) is 0 Å². The standard InChI is InChI=1S/C21H26N2OS.ClH/c1-16(24)21-20(17-10-5-4-6-11-17)23(15-9-14-22(2)3)18-12-7-8-13-19(18)25-21;/h4-8,10-13,20-21H,9,14-15H2,1-3H3;1H. The van der Waals surface area contributed by atoms with Gasteiger partial charge in [-0.2, -0.15) is 0 Å². The molecular weight excluding hydrogens is 364 g/mol. The molecular formula is C21H27ClN2OS. The lowest BCUT2D eigenvalue weighted by molar-refractivity contribution is -0.858. The van der Waals surface area contributed by atoms with Crippen molar-refractivity contribution in [3.63, 3.8) is 0 Å². The summed E-state index contributed by atoms with van der Waals surface area (Å²) >= 11 is 1.72. The zero-order valence-electron chi connectivity index (χ0n) is 15.6. The number of nitrogens with zero attached hydrogens (tertiary/aromatic N) is 1. The Balaban J connectivity index is 0.00000243. The van der Waals surface area contributed by atoms with E-state index in [9.17, 15) is 4.79 Å². The molecule has 0 spiro atoms. The highest BCUT2D eigenvalue weighted by molar-refractivity contribution is 8.01. The van der Waals surface area contributed by atoms with Crippen molar-refractivity contribution in [2.24, 2.45) is 0 Å². The van der Waals surface area contributed by atoms with Gasteiger partial charge in [0.2, 0.25) is 0 Å². The zero-order chi connectivity index (χ0) is 17.8. The van der Waals surface area contributed by atoms with E-state index in [4.69, 9.17) is 0 Å². The Hall–Kier alpha value is -1.49. The Morgan fingerprint density at radius 3 is 2.38 bits per heavy atom.